The number of nitro benzene ring substituents is 1. The molecule has 3 N–H and O–H groups in total. The van der Waals surface area contributed by atoms with Crippen LogP contribution < -0.4 is 5.32 Å². The molecule has 0 heterocycles. The van der Waals surface area contributed by atoms with E-state index in [2.05, 4.69) is 5.32 Å². The smallest absolute Gasteiger partial charge is 0.338 e. The van der Waals surface area contributed by atoms with Crippen LogP contribution in [0.25, 0.3) is 0 Å². The molecule has 1 aromatic carbocycles. The number of non-ortho nitro benzene ring substituents is 1. The van der Waals surface area contributed by atoms with Crippen molar-refractivity contribution in [3.05, 3.63) is 32.8 Å². The molecular weight excluding hydrogens is 300 g/mol. The van der Waals surface area contributed by atoms with Crippen molar-refractivity contribution in [2.24, 2.45) is 5.41 Å². The van der Waals surface area contributed by atoms with Gasteiger partial charge in [0, 0.05) is 25.3 Å². The van der Waals surface area contributed by atoms with Crippen molar-refractivity contribution in [3.8, 4) is 0 Å². The molecule has 116 valence electrons. The van der Waals surface area contributed by atoms with Gasteiger partial charge in [-0.15, -0.1) is 0 Å². The van der Waals surface area contributed by atoms with Gasteiger partial charge in [-0.2, -0.15) is 0 Å². The third-order valence-corrected chi connectivity index (χ3v) is 3.35. The van der Waals surface area contributed by atoms with Gasteiger partial charge in [0.25, 0.3) is 5.69 Å². The van der Waals surface area contributed by atoms with Crippen LogP contribution in [0.1, 0.15) is 30.6 Å². The Labute approximate surface area is 126 Å². The zero-order chi connectivity index (χ0) is 16.2. The molecule has 0 aliphatic carbocycles. The first-order valence-electron chi connectivity index (χ1n) is 6.24. The van der Waals surface area contributed by atoms with Gasteiger partial charge in [0.05, 0.1) is 21.2 Å². The summed E-state index contributed by atoms with van der Waals surface area (Å²) in [6.07, 6.45) is 0.521. The third kappa shape index (κ3) is 4.57. The average molecular weight is 317 g/mol. The van der Waals surface area contributed by atoms with E-state index in [-0.39, 0.29) is 34.0 Å². The lowest BCUT2D eigenvalue weighted by Gasteiger charge is -2.25. The molecule has 0 bridgehead atoms. The Morgan fingerprint density at radius 1 is 1.48 bits per heavy atom. The van der Waals surface area contributed by atoms with Gasteiger partial charge in [0.2, 0.25) is 0 Å². The van der Waals surface area contributed by atoms with Gasteiger partial charge in [0.15, 0.2) is 0 Å². The Morgan fingerprint density at radius 2 is 2.10 bits per heavy atom. The second kappa shape index (κ2) is 6.73. The molecule has 0 radical (unpaired) electrons. The highest BCUT2D eigenvalue weighted by Crippen LogP contribution is 2.32. The molecule has 0 saturated heterocycles. The van der Waals surface area contributed by atoms with Crippen molar-refractivity contribution in [3.63, 3.8) is 0 Å². The van der Waals surface area contributed by atoms with Gasteiger partial charge in [-0.1, -0.05) is 25.4 Å². The summed E-state index contributed by atoms with van der Waals surface area (Å²) in [5, 5.41) is 31.8. The fraction of sp³-hybridized carbons (Fsp3) is 0.462. The highest BCUT2D eigenvalue weighted by atomic mass is 35.5. The molecule has 1 rings (SSSR count). The Kier molecular flexibility index (Phi) is 5.51. The molecular formula is C13H17ClN2O5. The highest BCUT2D eigenvalue weighted by molar-refractivity contribution is 6.34. The number of carbonyl (C=O) groups is 1. The molecule has 1 aromatic rings. The minimum absolute atomic E-state index is 0.00839. The standard InChI is InChI=1S/C13H17ClN2O5/c1-13(2,3-4-17)7-15-11-9(12(18)19)5-8(16(20)21)6-10(11)14/h5-6,15,17H,3-4,7H2,1-2H3,(H,18,19). The average Bonchev–Trinajstić information content (AvgIpc) is 2.35. The van der Waals surface area contributed by atoms with Crippen LogP contribution in [-0.2, 0) is 0 Å². The second-order valence-electron chi connectivity index (χ2n) is 5.40. The van der Waals surface area contributed by atoms with Crippen molar-refractivity contribution in [1.82, 2.24) is 0 Å². The Hall–Kier alpha value is -1.86. The van der Waals surface area contributed by atoms with Crippen LogP contribution in [0.4, 0.5) is 11.4 Å². The number of carboxylic acid groups (broad SMARTS) is 1. The highest BCUT2D eigenvalue weighted by Gasteiger charge is 2.23. The number of aliphatic hydroxyl groups excluding tert-OH is 1. The molecule has 7 nitrogen and oxygen atoms in total. The topological polar surface area (TPSA) is 113 Å². The third-order valence-electron chi connectivity index (χ3n) is 3.05. The summed E-state index contributed by atoms with van der Waals surface area (Å²) in [6.45, 7) is 4.17. The number of rotatable bonds is 7. The van der Waals surface area contributed by atoms with Crippen LogP contribution in [0.3, 0.4) is 0 Å². The van der Waals surface area contributed by atoms with E-state index in [1.165, 1.54) is 0 Å². The maximum absolute atomic E-state index is 11.2. The lowest BCUT2D eigenvalue weighted by Crippen LogP contribution is -2.25. The molecule has 0 saturated carbocycles. The Bertz CT molecular complexity index is 560. The number of benzene rings is 1. The van der Waals surface area contributed by atoms with Crippen LogP contribution >= 0.6 is 11.6 Å². The number of hydrogen-bond donors (Lipinski definition) is 3. The SMILES string of the molecule is CC(C)(CCO)CNc1c(Cl)cc([N+](=O)[O-])cc1C(=O)O. The zero-order valence-electron chi connectivity index (χ0n) is 11.7. The quantitative estimate of drug-likeness (QED) is 0.526. The minimum Gasteiger partial charge on any atom is -0.478 e. The summed E-state index contributed by atoms with van der Waals surface area (Å²) < 4.78 is 0. The zero-order valence-corrected chi connectivity index (χ0v) is 12.5. The van der Waals surface area contributed by atoms with Crippen molar-refractivity contribution in [2.45, 2.75) is 20.3 Å². The van der Waals surface area contributed by atoms with E-state index >= 15 is 0 Å². The molecule has 21 heavy (non-hydrogen) atoms. The van der Waals surface area contributed by atoms with Gasteiger partial charge in [-0.3, -0.25) is 10.1 Å². The van der Waals surface area contributed by atoms with E-state index in [0.717, 1.165) is 12.1 Å². The lowest BCUT2D eigenvalue weighted by atomic mass is 9.89. The Morgan fingerprint density at radius 3 is 2.57 bits per heavy atom. The molecule has 0 aromatic heterocycles. The summed E-state index contributed by atoms with van der Waals surface area (Å²) in [4.78, 5) is 21.3. The fourth-order valence-electron chi connectivity index (χ4n) is 1.76. The number of nitro groups is 1. The summed E-state index contributed by atoms with van der Waals surface area (Å²) in [5.74, 6) is -1.30. The van der Waals surface area contributed by atoms with Gasteiger partial charge in [0.1, 0.15) is 0 Å². The molecule has 0 spiro atoms. The maximum Gasteiger partial charge on any atom is 0.338 e. The van der Waals surface area contributed by atoms with Gasteiger partial charge >= 0.3 is 5.97 Å². The first kappa shape index (κ1) is 17.2. The van der Waals surface area contributed by atoms with Gasteiger partial charge in [-0.05, 0) is 11.8 Å². The largest absolute Gasteiger partial charge is 0.478 e. The number of halogens is 1. The van der Waals surface area contributed by atoms with Crippen molar-refractivity contribution in [2.75, 3.05) is 18.5 Å². The molecule has 0 aliphatic rings. The number of aromatic carboxylic acids is 1. The minimum atomic E-state index is -1.30. The van der Waals surface area contributed by atoms with E-state index < -0.39 is 10.9 Å². The monoisotopic (exact) mass is 316 g/mol. The molecule has 0 unspecified atom stereocenters. The van der Waals surface area contributed by atoms with Crippen molar-refractivity contribution in [1.29, 1.82) is 0 Å². The number of hydrogen-bond acceptors (Lipinski definition) is 5. The maximum atomic E-state index is 11.2. The molecule has 8 heteroatoms. The van der Waals surface area contributed by atoms with E-state index in [4.69, 9.17) is 21.8 Å². The molecule has 0 aliphatic heterocycles. The predicted octanol–water partition coefficient (Wildman–Crippen LogP) is 2.77. The normalized spacial score (nSPS) is 11.2. The van der Waals surface area contributed by atoms with Crippen molar-refractivity contribution >= 4 is 28.9 Å². The van der Waals surface area contributed by atoms with Crippen LogP contribution in [0.15, 0.2) is 12.1 Å². The summed E-state index contributed by atoms with van der Waals surface area (Å²) in [7, 11) is 0. The molecule has 0 fully saturated rings. The first-order chi connectivity index (χ1) is 9.68. The molecule has 0 amide bonds. The number of nitrogens with zero attached hydrogens (tertiary/aromatic N) is 1. The summed E-state index contributed by atoms with van der Waals surface area (Å²) >= 11 is 5.95. The number of aliphatic hydroxyl groups is 1. The first-order valence-corrected chi connectivity index (χ1v) is 6.62. The van der Waals surface area contributed by atoms with E-state index in [1.807, 2.05) is 13.8 Å². The fourth-order valence-corrected chi connectivity index (χ4v) is 2.05. The summed E-state index contributed by atoms with van der Waals surface area (Å²) in [5.41, 5.74) is -0.775. The van der Waals surface area contributed by atoms with E-state index in [9.17, 15) is 14.9 Å². The van der Waals surface area contributed by atoms with Gasteiger partial charge < -0.3 is 15.5 Å². The second-order valence-corrected chi connectivity index (χ2v) is 5.81. The summed E-state index contributed by atoms with van der Waals surface area (Å²) in [6, 6.07) is 2.07. The Balaban J connectivity index is 3.12. The van der Waals surface area contributed by atoms with E-state index in [0.29, 0.717) is 13.0 Å². The van der Waals surface area contributed by atoms with Gasteiger partial charge in [-0.25, -0.2) is 4.79 Å². The van der Waals surface area contributed by atoms with Crippen LogP contribution in [0.5, 0.6) is 0 Å². The number of nitrogens with one attached hydrogen (secondary N) is 1. The molecule has 0 atom stereocenters. The van der Waals surface area contributed by atoms with E-state index in [1.54, 1.807) is 0 Å². The van der Waals surface area contributed by atoms with Crippen LogP contribution in [0, 0.1) is 15.5 Å². The predicted molar refractivity (Wildman–Crippen MR) is 79.0 cm³/mol. The number of carboxylic acids is 1. The van der Waals surface area contributed by atoms with Crippen molar-refractivity contribution < 1.29 is 19.9 Å². The van der Waals surface area contributed by atoms with Crippen LogP contribution in [0.2, 0.25) is 5.02 Å². The van der Waals surface area contributed by atoms with Crippen LogP contribution in [-0.4, -0.2) is 34.3 Å². The lowest BCUT2D eigenvalue weighted by molar-refractivity contribution is -0.384. The number of anilines is 1.